The van der Waals surface area contributed by atoms with Crippen LogP contribution in [0.3, 0.4) is 0 Å². The molecule has 1 aliphatic rings. The molecule has 1 saturated carbocycles. The predicted molar refractivity (Wildman–Crippen MR) is 98.7 cm³/mol. The molecule has 0 unspecified atom stereocenters. The Hall–Kier alpha value is -2.48. The SMILES string of the molecule is CC(=O)Nc1ccc(C(=O)NNC(=S)NC(=O)CC2CCCC2)cc1. The standard InChI is InChI=1S/C17H22N4O3S/c1-11(22)18-14-8-6-13(7-9-14)16(24)20-21-17(25)19-15(23)10-12-4-2-3-5-12/h6-9,12H,2-5,10H2,1H3,(H,18,22)(H,20,24)(H2,19,21,23,25). The summed E-state index contributed by atoms with van der Waals surface area (Å²) >= 11 is 5.00. The number of carbonyl (C=O) groups excluding carboxylic acids is 3. The minimum atomic E-state index is -0.401. The van der Waals surface area contributed by atoms with Crippen molar-refractivity contribution < 1.29 is 14.4 Å². The number of hydrogen-bond acceptors (Lipinski definition) is 4. The summed E-state index contributed by atoms with van der Waals surface area (Å²) in [7, 11) is 0. The van der Waals surface area contributed by atoms with Gasteiger partial charge in [0.05, 0.1) is 0 Å². The van der Waals surface area contributed by atoms with E-state index < -0.39 is 5.91 Å². The minimum absolute atomic E-state index is 0.0613. The van der Waals surface area contributed by atoms with E-state index in [4.69, 9.17) is 12.2 Å². The topological polar surface area (TPSA) is 99.3 Å². The molecule has 1 fully saturated rings. The van der Waals surface area contributed by atoms with Crippen molar-refractivity contribution in [3.05, 3.63) is 29.8 Å². The van der Waals surface area contributed by atoms with Crippen LogP contribution in [0.1, 0.15) is 49.4 Å². The zero-order valence-electron chi connectivity index (χ0n) is 14.1. The van der Waals surface area contributed by atoms with Gasteiger partial charge in [-0.3, -0.25) is 25.2 Å². The molecule has 0 heterocycles. The second-order valence-corrected chi connectivity index (χ2v) is 6.48. The van der Waals surface area contributed by atoms with Crippen molar-refractivity contribution in [3.8, 4) is 0 Å². The average Bonchev–Trinajstić information content (AvgIpc) is 3.05. The predicted octanol–water partition coefficient (Wildman–Crippen LogP) is 1.86. The lowest BCUT2D eigenvalue weighted by atomic mass is 10.0. The van der Waals surface area contributed by atoms with Crippen LogP contribution in [0.2, 0.25) is 0 Å². The highest BCUT2D eigenvalue weighted by molar-refractivity contribution is 7.80. The first kappa shape index (κ1) is 18.9. The zero-order valence-corrected chi connectivity index (χ0v) is 14.9. The number of hydrazine groups is 1. The third-order valence-corrected chi connectivity index (χ3v) is 4.16. The van der Waals surface area contributed by atoms with Gasteiger partial charge in [0.2, 0.25) is 11.8 Å². The summed E-state index contributed by atoms with van der Waals surface area (Å²) in [5.74, 6) is -0.294. The van der Waals surface area contributed by atoms with Gasteiger partial charge < -0.3 is 10.6 Å². The first-order valence-corrected chi connectivity index (χ1v) is 8.62. The highest BCUT2D eigenvalue weighted by Crippen LogP contribution is 2.27. The molecule has 0 aliphatic heterocycles. The molecule has 0 spiro atoms. The van der Waals surface area contributed by atoms with E-state index in [1.165, 1.54) is 19.8 Å². The fourth-order valence-electron chi connectivity index (χ4n) is 2.78. The van der Waals surface area contributed by atoms with Crippen molar-refractivity contribution in [2.75, 3.05) is 5.32 Å². The van der Waals surface area contributed by atoms with Gasteiger partial charge in [-0.05, 0) is 55.2 Å². The van der Waals surface area contributed by atoms with Gasteiger partial charge in [0.15, 0.2) is 5.11 Å². The van der Waals surface area contributed by atoms with Crippen LogP contribution < -0.4 is 21.5 Å². The van der Waals surface area contributed by atoms with Gasteiger partial charge in [-0.1, -0.05) is 12.8 Å². The van der Waals surface area contributed by atoms with Crippen molar-refractivity contribution in [3.63, 3.8) is 0 Å². The number of rotatable bonds is 4. The van der Waals surface area contributed by atoms with E-state index in [-0.39, 0.29) is 16.9 Å². The average molecular weight is 362 g/mol. The quantitative estimate of drug-likeness (QED) is 0.484. The van der Waals surface area contributed by atoms with E-state index >= 15 is 0 Å². The third kappa shape index (κ3) is 6.50. The van der Waals surface area contributed by atoms with E-state index in [2.05, 4.69) is 21.5 Å². The molecule has 2 rings (SSSR count). The summed E-state index contributed by atoms with van der Waals surface area (Å²) in [6.07, 6.45) is 4.98. The molecule has 7 nitrogen and oxygen atoms in total. The van der Waals surface area contributed by atoms with Crippen molar-refractivity contribution >= 4 is 40.7 Å². The fourth-order valence-corrected chi connectivity index (χ4v) is 2.94. The van der Waals surface area contributed by atoms with Gasteiger partial charge in [0, 0.05) is 24.6 Å². The maximum absolute atomic E-state index is 12.0. The molecule has 4 N–H and O–H groups in total. The van der Waals surface area contributed by atoms with Crippen molar-refractivity contribution in [2.24, 2.45) is 5.92 Å². The summed E-state index contributed by atoms with van der Waals surface area (Å²) in [5.41, 5.74) is 5.93. The molecule has 0 saturated heterocycles. The van der Waals surface area contributed by atoms with Crippen LogP contribution in [0.4, 0.5) is 5.69 Å². The number of benzene rings is 1. The summed E-state index contributed by atoms with van der Waals surface area (Å²) < 4.78 is 0. The Labute approximate surface area is 151 Å². The molecule has 1 aromatic rings. The number of anilines is 1. The van der Waals surface area contributed by atoms with Crippen molar-refractivity contribution in [1.29, 1.82) is 0 Å². The Kier molecular flexibility index (Phi) is 6.88. The molecule has 8 heteroatoms. The molecule has 25 heavy (non-hydrogen) atoms. The molecule has 134 valence electrons. The van der Waals surface area contributed by atoms with E-state index in [0.717, 1.165) is 12.8 Å². The molecule has 1 aromatic carbocycles. The first-order valence-electron chi connectivity index (χ1n) is 8.22. The smallest absolute Gasteiger partial charge is 0.269 e. The van der Waals surface area contributed by atoms with Crippen LogP contribution in [-0.2, 0) is 9.59 Å². The number of thiocarbonyl (C=S) groups is 1. The highest BCUT2D eigenvalue weighted by Gasteiger charge is 2.19. The summed E-state index contributed by atoms with van der Waals surface area (Å²) in [6.45, 7) is 1.41. The van der Waals surface area contributed by atoms with E-state index in [9.17, 15) is 14.4 Å². The molecule has 0 aromatic heterocycles. The second-order valence-electron chi connectivity index (χ2n) is 6.07. The maximum atomic E-state index is 12.0. The number of carbonyl (C=O) groups is 3. The normalized spacial score (nSPS) is 13.8. The lowest BCUT2D eigenvalue weighted by Crippen LogP contribution is -2.48. The van der Waals surface area contributed by atoms with Gasteiger partial charge in [0.25, 0.3) is 5.91 Å². The Morgan fingerprint density at radius 1 is 1.08 bits per heavy atom. The molecular weight excluding hydrogens is 340 g/mol. The first-order chi connectivity index (χ1) is 11.9. The van der Waals surface area contributed by atoms with E-state index in [0.29, 0.717) is 23.6 Å². The number of hydrogen-bond donors (Lipinski definition) is 4. The maximum Gasteiger partial charge on any atom is 0.269 e. The van der Waals surface area contributed by atoms with Gasteiger partial charge >= 0.3 is 0 Å². The second kappa shape index (κ2) is 9.12. The molecule has 1 aliphatic carbocycles. The summed E-state index contributed by atoms with van der Waals surface area (Å²) in [4.78, 5) is 34.8. The lowest BCUT2D eigenvalue weighted by Gasteiger charge is -2.12. The van der Waals surface area contributed by atoms with Crippen LogP contribution in [0.25, 0.3) is 0 Å². The molecule has 0 radical (unpaired) electrons. The van der Waals surface area contributed by atoms with E-state index in [1.807, 2.05) is 0 Å². The van der Waals surface area contributed by atoms with Gasteiger partial charge in [0.1, 0.15) is 0 Å². The number of amides is 3. The van der Waals surface area contributed by atoms with Crippen LogP contribution >= 0.6 is 12.2 Å². The van der Waals surface area contributed by atoms with Crippen LogP contribution in [0, 0.1) is 5.92 Å². The van der Waals surface area contributed by atoms with Gasteiger partial charge in [-0.15, -0.1) is 0 Å². The third-order valence-electron chi connectivity index (χ3n) is 3.96. The van der Waals surface area contributed by atoms with Crippen LogP contribution in [0.5, 0.6) is 0 Å². The minimum Gasteiger partial charge on any atom is -0.326 e. The largest absolute Gasteiger partial charge is 0.326 e. The Balaban J connectivity index is 1.73. The Morgan fingerprint density at radius 2 is 1.72 bits per heavy atom. The highest BCUT2D eigenvalue weighted by atomic mass is 32.1. The van der Waals surface area contributed by atoms with Crippen molar-refractivity contribution in [1.82, 2.24) is 16.2 Å². The number of nitrogens with one attached hydrogen (secondary N) is 4. The van der Waals surface area contributed by atoms with Crippen LogP contribution in [0.15, 0.2) is 24.3 Å². The van der Waals surface area contributed by atoms with Gasteiger partial charge in [-0.25, -0.2) is 0 Å². The Morgan fingerprint density at radius 3 is 2.32 bits per heavy atom. The molecule has 0 bridgehead atoms. The van der Waals surface area contributed by atoms with Crippen LogP contribution in [-0.4, -0.2) is 22.8 Å². The molecule has 0 atom stereocenters. The molecular formula is C17H22N4O3S. The van der Waals surface area contributed by atoms with Gasteiger partial charge in [-0.2, -0.15) is 0 Å². The zero-order chi connectivity index (χ0) is 18.2. The van der Waals surface area contributed by atoms with E-state index in [1.54, 1.807) is 24.3 Å². The monoisotopic (exact) mass is 362 g/mol. The Bertz CT molecular complexity index is 654. The fraction of sp³-hybridized carbons (Fsp3) is 0.412. The lowest BCUT2D eigenvalue weighted by molar-refractivity contribution is -0.120. The summed E-state index contributed by atoms with van der Waals surface area (Å²) in [6, 6.07) is 6.39. The van der Waals surface area contributed by atoms with Crippen molar-refractivity contribution in [2.45, 2.75) is 39.0 Å². The summed E-state index contributed by atoms with van der Waals surface area (Å²) in [5, 5.41) is 5.24. The molecule has 3 amide bonds.